The molecule has 1 aliphatic rings. The van der Waals surface area contributed by atoms with E-state index in [-0.39, 0.29) is 5.56 Å². The topological polar surface area (TPSA) is 53.0 Å². The van der Waals surface area contributed by atoms with Crippen molar-refractivity contribution < 1.29 is 14.6 Å². The smallest absolute Gasteiger partial charge is 0.339 e. The zero-order chi connectivity index (χ0) is 17.8. The van der Waals surface area contributed by atoms with Crippen LogP contribution in [0.5, 0.6) is 5.75 Å². The van der Waals surface area contributed by atoms with Gasteiger partial charge in [0.05, 0.1) is 0 Å². The van der Waals surface area contributed by atoms with E-state index in [2.05, 4.69) is 41.8 Å². The van der Waals surface area contributed by atoms with Gasteiger partial charge in [0.15, 0.2) is 0 Å². The SMILES string of the molecule is Cc1cccc(N2CCN(COc3ccccc3C(=O)O)CC2)c1C. The van der Waals surface area contributed by atoms with E-state index in [1.54, 1.807) is 24.3 Å². The van der Waals surface area contributed by atoms with Gasteiger partial charge in [-0.15, -0.1) is 0 Å². The van der Waals surface area contributed by atoms with Crippen LogP contribution in [0, 0.1) is 13.8 Å². The highest BCUT2D eigenvalue weighted by Gasteiger charge is 2.19. The molecule has 25 heavy (non-hydrogen) atoms. The van der Waals surface area contributed by atoms with Crippen LogP contribution >= 0.6 is 0 Å². The first-order valence-corrected chi connectivity index (χ1v) is 8.55. The van der Waals surface area contributed by atoms with E-state index < -0.39 is 5.97 Å². The summed E-state index contributed by atoms with van der Waals surface area (Å²) in [5.41, 5.74) is 4.16. The maximum Gasteiger partial charge on any atom is 0.339 e. The van der Waals surface area contributed by atoms with Crippen molar-refractivity contribution in [1.82, 2.24) is 4.90 Å². The van der Waals surface area contributed by atoms with Crippen LogP contribution in [0.4, 0.5) is 5.69 Å². The summed E-state index contributed by atoms with van der Waals surface area (Å²) in [5, 5.41) is 9.21. The molecule has 5 heteroatoms. The molecule has 5 nitrogen and oxygen atoms in total. The fourth-order valence-electron chi connectivity index (χ4n) is 3.13. The Balaban J connectivity index is 1.57. The molecule has 0 aromatic heterocycles. The van der Waals surface area contributed by atoms with Crippen molar-refractivity contribution in [3.63, 3.8) is 0 Å². The van der Waals surface area contributed by atoms with Gasteiger partial charge >= 0.3 is 5.97 Å². The first-order chi connectivity index (χ1) is 12.1. The lowest BCUT2D eigenvalue weighted by Gasteiger charge is -2.36. The number of ether oxygens (including phenoxy) is 1. The molecular formula is C20H24N2O3. The van der Waals surface area contributed by atoms with Crippen LogP contribution in [0.1, 0.15) is 21.5 Å². The van der Waals surface area contributed by atoms with Crippen molar-refractivity contribution in [2.75, 3.05) is 37.8 Å². The average Bonchev–Trinajstić information content (AvgIpc) is 2.63. The number of carbonyl (C=O) groups is 1. The Morgan fingerprint density at radius 1 is 1.04 bits per heavy atom. The van der Waals surface area contributed by atoms with E-state index in [1.807, 2.05) is 0 Å². The fourth-order valence-corrected chi connectivity index (χ4v) is 3.13. The summed E-state index contributed by atoms with van der Waals surface area (Å²) in [6.45, 7) is 8.38. The molecule has 0 amide bonds. The minimum Gasteiger partial charge on any atom is -0.478 e. The summed E-state index contributed by atoms with van der Waals surface area (Å²) in [4.78, 5) is 15.8. The molecule has 1 heterocycles. The Bertz CT molecular complexity index is 752. The van der Waals surface area contributed by atoms with E-state index in [1.165, 1.54) is 16.8 Å². The number of piperazine rings is 1. The van der Waals surface area contributed by atoms with Crippen LogP contribution in [-0.2, 0) is 0 Å². The summed E-state index contributed by atoms with van der Waals surface area (Å²) in [7, 11) is 0. The van der Waals surface area contributed by atoms with Gasteiger partial charge in [0.1, 0.15) is 18.0 Å². The Morgan fingerprint density at radius 3 is 2.48 bits per heavy atom. The summed E-state index contributed by atoms with van der Waals surface area (Å²) in [5.74, 6) is -0.540. The van der Waals surface area contributed by atoms with Crippen LogP contribution in [0.25, 0.3) is 0 Å². The fraction of sp³-hybridized carbons (Fsp3) is 0.350. The Hall–Kier alpha value is -2.53. The average molecular weight is 340 g/mol. The number of nitrogens with zero attached hydrogens (tertiary/aromatic N) is 2. The minimum atomic E-state index is -0.963. The third kappa shape index (κ3) is 3.94. The summed E-state index contributed by atoms with van der Waals surface area (Å²) in [6, 6.07) is 13.2. The largest absolute Gasteiger partial charge is 0.478 e. The van der Waals surface area contributed by atoms with Crippen LogP contribution in [0.3, 0.4) is 0 Å². The van der Waals surface area contributed by atoms with Crippen molar-refractivity contribution in [1.29, 1.82) is 0 Å². The second kappa shape index (κ2) is 7.57. The molecular weight excluding hydrogens is 316 g/mol. The minimum absolute atomic E-state index is 0.205. The zero-order valence-electron chi connectivity index (χ0n) is 14.7. The lowest BCUT2D eigenvalue weighted by atomic mass is 10.1. The second-order valence-corrected chi connectivity index (χ2v) is 6.40. The highest BCUT2D eigenvalue weighted by molar-refractivity contribution is 5.90. The number of aryl methyl sites for hydroxylation is 1. The number of rotatable bonds is 5. The molecule has 0 saturated carbocycles. The highest BCUT2D eigenvalue weighted by atomic mass is 16.5. The van der Waals surface area contributed by atoms with Gasteiger partial charge in [-0.3, -0.25) is 4.90 Å². The second-order valence-electron chi connectivity index (χ2n) is 6.40. The van der Waals surface area contributed by atoms with Crippen molar-refractivity contribution >= 4 is 11.7 Å². The van der Waals surface area contributed by atoms with Crippen LogP contribution in [0.15, 0.2) is 42.5 Å². The number of anilines is 1. The summed E-state index contributed by atoms with van der Waals surface area (Å²) in [6.07, 6.45) is 0. The van der Waals surface area contributed by atoms with Crippen molar-refractivity contribution in [2.45, 2.75) is 13.8 Å². The van der Waals surface area contributed by atoms with Gasteiger partial charge in [-0.1, -0.05) is 24.3 Å². The summed E-state index contributed by atoms with van der Waals surface area (Å²) >= 11 is 0. The maximum atomic E-state index is 11.2. The number of aromatic carboxylic acids is 1. The van der Waals surface area contributed by atoms with Gasteiger partial charge in [-0.2, -0.15) is 0 Å². The molecule has 1 saturated heterocycles. The van der Waals surface area contributed by atoms with Gasteiger partial charge in [0.2, 0.25) is 0 Å². The van der Waals surface area contributed by atoms with Crippen molar-refractivity contribution in [3.05, 3.63) is 59.2 Å². The Labute approximate surface area is 148 Å². The molecule has 3 rings (SSSR count). The van der Waals surface area contributed by atoms with E-state index >= 15 is 0 Å². The Kier molecular flexibility index (Phi) is 5.24. The number of carboxylic acids is 1. The summed E-state index contributed by atoms with van der Waals surface area (Å²) < 4.78 is 5.75. The molecule has 0 radical (unpaired) electrons. The monoisotopic (exact) mass is 340 g/mol. The number of carboxylic acid groups (broad SMARTS) is 1. The number of benzene rings is 2. The molecule has 1 fully saturated rings. The zero-order valence-corrected chi connectivity index (χ0v) is 14.7. The van der Waals surface area contributed by atoms with E-state index in [9.17, 15) is 9.90 Å². The van der Waals surface area contributed by atoms with Gasteiger partial charge in [-0.05, 0) is 43.2 Å². The third-order valence-electron chi connectivity index (χ3n) is 4.81. The predicted octanol–water partition coefficient (Wildman–Crippen LogP) is 3.16. The molecule has 2 aromatic carbocycles. The van der Waals surface area contributed by atoms with Crippen molar-refractivity contribution in [2.24, 2.45) is 0 Å². The number of hydrogen-bond acceptors (Lipinski definition) is 4. The quantitative estimate of drug-likeness (QED) is 0.906. The molecule has 0 unspecified atom stereocenters. The van der Waals surface area contributed by atoms with E-state index in [0.29, 0.717) is 12.5 Å². The standard InChI is InChI=1S/C20H24N2O3/c1-15-6-5-8-18(16(15)2)22-12-10-21(11-13-22)14-25-19-9-4-3-7-17(19)20(23)24/h3-9H,10-14H2,1-2H3,(H,23,24). The van der Waals surface area contributed by atoms with Crippen LogP contribution in [-0.4, -0.2) is 48.9 Å². The molecule has 132 valence electrons. The molecule has 0 atom stereocenters. The first kappa shape index (κ1) is 17.3. The molecule has 0 aliphatic carbocycles. The lowest BCUT2D eigenvalue weighted by Crippen LogP contribution is -2.47. The first-order valence-electron chi connectivity index (χ1n) is 8.55. The van der Waals surface area contributed by atoms with E-state index in [4.69, 9.17) is 4.74 Å². The Morgan fingerprint density at radius 2 is 1.76 bits per heavy atom. The van der Waals surface area contributed by atoms with E-state index in [0.717, 1.165) is 26.2 Å². The number of para-hydroxylation sites is 1. The lowest BCUT2D eigenvalue weighted by molar-refractivity contribution is 0.0683. The van der Waals surface area contributed by atoms with Gasteiger partial charge < -0.3 is 14.7 Å². The van der Waals surface area contributed by atoms with Crippen LogP contribution < -0.4 is 9.64 Å². The van der Waals surface area contributed by atoms with Gasteiger partial charge in [0, 0.05) is 31.9 Å². The molecule has 0 bridgehead atoms. The third-order valence-corrected chi connectivity index (χ3v) is 4.81. The predicted molar refractivity (Wildman–Crippen MR) is 98.6 cm³/mol. The molecule has 1 aliphatic heterocycles. The van der Waals surface area contributed by atoms with Crippen molar-refractivity contribution in [3.8, 4) is 5.75 Å². The number of hydrogen-bond donors (Lipinski definition) is 1. The molecule has 0 spiro atoms. The van der Waals surface area contributed by atoms with Gasteiger partial charge in [-0.25, -0.2) is 4.79 Å². The maximum absolute atomic E-state index is 11.2. The molecule has 1 N–H and O–H groups in total. The normalized spacial score (nSPS) is 15.2. The highest BCUT2D eigenvalue weighted by Crippen LogP contribution is 2.24. The van der Waals surface area contributed by atoms with Crippen LogP contribution in [0.2, 0.25) is 0 Å². The van der Waals surface area contributed by atoms with Gasteiger partial charge in [0.25, 0.3) is 0 Å². The molecule has 2 aromatic rings.